The van der Waals surface area contributed by atoms with Gasteiger partial charge in [-0.3, -0.25) is 0 Å². The van der Waals surface area contributed by atoms with Crippen molar-refractivity contribution >= 4 is 5.69 Å². The molecule has 0 atom stereocenters. The molecule has 0 spiro atoms. The first-order valence-electron chi connectivity index (χ1n) is 6.56. The Morgan fingerprint density at radius 1 is 1.10 bits per heavy atom. The van der Waals surface area contributed by atoms with E-state index >= 15 is 0 Å². The summed E-state index contributed by atoms with van der Waals surface area (Å²) in [5.41, 5.74) is 1.96. The highest BCUT2D eigenvalue weighted by molar-refractivity contribution is 5.56. The first-order chi connectivity index (χ1) is 9.74. The lowest BCUT2D eigenvalue weighted by Gasteiger charge is -2.12. The van der Waals surface area contributed by atoms with Crippen LogP contribution in [0.25, 0.3) is 0 Å². The van der Waals surface area contributed by atoms with E-state index in [2.05, 4.69) is 5.32 Å². The number of hydrogen-bond acceptors (Lipinski definition) is 4. The summed E-state index contributed by atoms with van der Waals surface area (Å²) in [6.45, 7) is 3.04. The molecular weight excluding hydrogens is 254 g/mol. The van der Waals surface area contributed by atoms with Crippen LogP contribution in [-0.4, -0.2) is 18.8 Å². The molecule has 0 aromatic heterocycles. The number of rotatable bonds is 6. The summed E-state index contributed by atoms with van der Waals surface area (Å²) in [7, 11) is 1.65. The lowest BCUT2D eigenvalue weighted by Crippen LogP contribution is -2.02. The standard InChI is InChI=1S/C16H19NO3/c1-3-20-16-10-12(8-9-14(16)18)11-17-13-6-4-5-7-15(13)19-2/h4-10,17-18H,3,11H2,1-2H3. The number of aromatic hydroxyl groups is 1. The van der Waals surface area contributed by atoms with Gasteiger partial charge >= 0.3 is 0 Å². The predicted molar refractivity (Wildman–Crippen MR) is 79.6 cm³/mol. The van der Waals surface area contributed by atoms with Crippen molar-refractivity contribution in [2.45, 2.75) is 13.5 Å². The topological polar surface area (TPSA) is 50.7 Å². The zero-order valence-corrected chi connectivity index (χ0v) is 11.7. The van der Waals surface area contributed by atoms with Crippen LogP contribution in [0, 0.1) is 0 Å². The average Bonchev–Trinajstić information content (AvgIpc) is 2.48. The number of phenols is 1. The minimum atomic E-state index is 0.160. The molecular formula is C16H19NO3. The molecule has 4 heteroatoms. The summed E-state index contributed by atoms with van der Waals surface area (Å²) in [6.07, 6.45) is 0. The number of ether oxygens (including phenoxy) is 2. The van der Waals surface area contributed by atoms with E-state index in [-0.39, 0.29) is 5.75 Å². The molecule has 0 aliphatic rings. The molecule has 0 aliphatic heterocycles. The van der Waals surface area contributed by atoms with E-state index in [0.717, 1.165) is 17.0 Å². The van der Waals surface area contributed by atoms with Crippen molar-refractivity contribution in [1.82, 2.24) is 0 Å². The maximum absolute atomic E-state index is 9.67. The number of nitrogens with one attached hydrogen (secondary N) is 1. The van der Waals surface area contributed by atoms with Crippen molar-refractivity contribution in [2.24, 2.45) is 0 Å². The van der Waals surface area contributed by atoms with Gasteiger partial charge in [0.25, 0.3) is 0 Å². The Morgan fingerprint density at radius 3 is 2.65 bits per heavy atom. The second kappa shape index (κ2) is 6.70. The summed E-state index contributed by atoms with van der Waals surface area (Å²) in [5, 5.41) is 13.0. The summed E-state index contributed by atoms with van der Waals surface area (Å²) >= 11 is 0. The maximum atomic E-state index is 9.67. The molecule has 0 bridgehead atoms. The van der Waals surface area contributed by atoms with Crippen molar-refractivity contribution in [2.75, 3.05) is 19.0 Å². The molecule has 0 saturated heterocycles. The quantitative estimate of drug-likeness (QED) is 0.846. The Kier molecular flexibility index (Phi) is 4.71. The number of hydrogen-bond donors (Lipinski definition) is 2. The second-order valence-electron chi connectivity index (χ2n) is 4.29. The monoisotopic (exact) mass is 273 g/mol. The fourth-order valence-electron chi connectivity index (χ4n) is 1.93. The van der Waals surface area contributed by atoms with Gasteiger partial charge in [0.05, 0.1) is 19.4 Å². The molecule has 20 heavy (non-hydrogen) atoms. The second-order valence-corrected chi connectivity index (χ2v) is 4.29. The highest BCUT2D eigenvalue weighted by Gasteiger charge is 2.05. The SMILES string of the molecule is CCOc1cc(CNc2ccccc2OC)ccc1O. The fraction of sp³-hybridized carbons (Fsp3) is 0.250. The molecule has 0 heterocycles. The molecule has 0 amide bonds. The van der Waals surface area contributed by atoms with Crippen molar-refractivity contribution in [3.63, 3.8) is 0 Å². The average molecular weight is 273 g/mol. The fourth-order valence-corrected chi connectivity index (χ4v) is 1.93. The number of para-hydroxylation sites is 2. The van der Waals surface area contributed by atoms with Gasteiger partial charge in [-0.1, -0.05) is 18.2 Å². The Hall–Kier alpha value is -2.36. The Balaban J connectivity index is 2.09. The van der Waals surface area contributed by atoms with Crippen LogP contribution < -0.4 is 14.8 Å². The molecule has 0 saturated carbocycles. The number of benzene rings is 2. The minimum absolute atomic E-state index is 0.160. The van der Waals surface area contributed by atoms with Crippen LogP contribution in [0.3, 0.4) is 0 Å². The first kappa shape index (κ1) is 14.1. The number of anilines is 1. The van der Waals surface area contributed by atoms with Gasteiger partial charge in [-0.25, -0.2) is 0 Å². The lowest BCUT2D eigenvalue weighted by molar-refractivity contribution is 0.318. The Morgan fingerprint density at radius 2 is 1.90 bits per heavy atom. The van der Waals surface area contributed by atoms with E-state index in [1.165, 1.54) is 0 Å². The van der Waals surface area contributed by atoms with Crippen LogP contribution in [0.2, 0.25) is 0 Å². The van der Waals surface area contributed by atoms with E-state index in [4.69, 9.17) is 9.47 Å². The molecule has 2 N–H and O–H groups in total. The van der Waals surface area contributed by atoms with Crippen LogP contribution in [0.1, 0.15) is 12.5 Å². The summed E-state index contributed by atoms with van der Waals surface area (Å²) < 4.78 is 10.7. The van der Waals surface area contributed by atoms with Crippen LogP contribution in [0.4, 0.5) is 5.69 Å². The predicted octanol–water partition coefficient (Wildman–Crippen LogP) is 3.41. The van der Waals surface area contributed by atoms with Crippen molar-refractivity contribution in [1.29, 1.82) is 0 Å². The van der Waals surface area contributed by atoms with Gasteiger partial charge in [0, 0.05) is 6.54 Å². The van der Waals surface area contributed by atoms with E-state index in [1.807, 2.05) is 43.3 Å². The van der Waals surface area contributed by atoms with Gasteiger partial charge in [-0.2, -0.15) is 0 Å². The van der Waals surface area contributed by atoms with E-state index < -0.39 is 0 Å². The molecule has 0 aliphatic carbocycles. The van der Waals surface area contributed by atoms with Crippen molar-refractivity contribution in [3.8, 4) is 17.2 Å². The summed E-state index contributed by atoms with van der Waals surface area (Å²) in [6, 6.07) is 13.1. The third kappa shape index (κ3) is 3.35. The summed E-state index contributed by atoms with van der Waals surface area (Å²) in [5.74, 6) is 1.47. The molecule has 0 fully saturated rings. The van der Waals surface area contributed by atoms with E-state index in [0.29, 0.717) is 18.9 Å². The zero-order valence-electron chi connectivity index (χ0n) is 11.7. The van der Waals surface area contributed by atoms with Gasteiger partial charge in [-0.15, -0.1) is 0 Å². The van der Waals surface area contributed by atoms with Crippen LogP contribution in [-0.2, 0) is 6.54 Å². The van der Waals surface area contributed by atoms with Gasteiger partial charge in [0.2, 0.25) is 0 Å². The first-order valence-corrected chi connectivity index (χ1v) is 6.56. The van der Waals surface area contributed by atoms with Crippen LogP contribution >= 0.6 is 0 Å². The zero-order chi connectivity index (χ0) is 14.4. The molecule has 106 valence electrons. The van der Waals surface area contributed by atoms with Gasteiger partial charge in [0.1, 0.15) is 5.75 Å². The third-order valence-corrected chi connectivity index (χ3v) is 2.91. The highest BCUT2D eigenvalue weighted by atomic mass is 16.5. The molecule has 2 aromatic carbocycles. The van der Waals surface area contributed by atoms with Crippen molar-refractivity contribution < 1.29 is 14.6 Å². The molecule has 0 radical (unpaired) electrons. The maximum Gasteiger partial charge on any atom is 0.161 e. The van der Waals surface area contributed by atoms with Gasteiger partial charge in [-0.05, 0) is 36.8 Å². The van der Waals surface area contributed by atoms with E-state index in [9.17, 15) is 5.11 Å². The van der Waals surface area contributed by atoms with Gasteiger partial charge in [0.15, 0.2) is 11.5 Å². The van der Waals surface area contributed by atoms with Crippen LogP contribution in [0.5, 0.6) is 17.2 Å². The molecule has 2 rings (SSSR count). The van der Waals surface area contributed by atoms with Crippen molar-refractivity contribution in [3.05, 3.63) is 48.0 Å². The van der Waals surface area contributed by atoms with E-state index in [1.54, 1.807) is 13.2 Å². The molecule has 4 nitrogen and oxygen atoms in total. The largest absolute Gasteiger partial charge is 0.504 e. The lowest BCUT2D eigenvalue weighted by atomic mass is 10.2. The normalized spacial score (nSPS) is 10.1. The number of phenolic OH excluding ortho intramolecular Hbond substituents is 1. The smallest absolute Gasteiger partial charge is 0.161 e. The molecule has 2 aromatic rings. The highest BCUT2D eigenvalue weighted by Crippen LogP contribution is 2.28. The number of methoxy groups -OCH3 is 1. The molecule has 0 unspecified atom stereocenters. The van der Waals surface area contributed by atoms with Crippen LogP contribution in [0.15, 0.2) is 42.5 Å². The Labute approximate surface area is 119 Å². The van der Waals surface area contributed by atoms with Gasteiger partial charge < -0.3 is 19.9 Å². The Bertz CT molecular complexity index is 569. The summed E-state index contributed by atoms with van der Waals surface area (Å²) in [4.78, 5) is 0. The minimum Gasteiger partial charge on any atom is -0.504 e. The third-order valence-electron chi connectivity index (χ3n) is 2.91.